The van der Waals surface area contributed by atoms with Gasteiger partial charge in [0, 0.05) is 0 Å². The Hall–Kier alpha value is -1.67. The Balaban J connectivity index is 2.10. The van der Waals surface area contributed by atoms with Crippen LogP contribution in [-0.4, -0.2) is 38.1 Å². The summed E-state index contributed by atoms with van der Waals surface area (Å²) in [4.78, 5) is 39.2. The molecular formula is C26H37N2O5PSn. The van der Waals surface area contributed by atoms with Gasteiger partial charge in [-0.25, -0.2) is 0 Å². The van der Waals surface area contributed by atoms with Crippen molar-refractivity contribution in [2.24, 2.45) is 0 Å². The summed E-state index contributed by atoms with van der Waals surface area (Å²) in [6.07, 6.45) is 7.28. The average molecular weight is 607 g/mol. The first kappa shape index (κ1) is 27.9. The number of fused-ring (bicyclic) bond motifs is 1. The Morgan fingerprint density at radius 1 is 0.943 bits per heavy atom. The van der Waals surface area contributed by atoms with Crippen molar-refractivity contribution in [1.82, 2.24) is 9.97 Å². The number of nitrogens with zero attached hydrogens (tertiary/aromatic N) is 1. The van der Waals surface area contributed by atoms with Gasteiger partial charge in [0.15, 0.2) is 0 Å². The first-order chi connectivity index (χ1) is 16.7. The molecule has 0 saturated carbocycles. The van der Waals surface area contributed by atoms with Gasteiger partial charge < -0.3 is 0 Å². The van der Waals surface area contributed by atoms with Crippen LogP contribution in [0.1, 0.15) is 59.3 Å². The van der Waals surface area contributed by atoms with E-state index in [1.165, 1.54) is 61.5 Å². The summed E-state index contributed by atoms with van der Waals surface area (Å²) in [6, 6.07) is 12.6. The molecule has 2 aromatic carbocycles. The van der Waals surface area contributed by atoms with Crippen LogP contribution < -0.4 is 13.7 Å². The number of hydrogen-bond acceptors (Lipinski definition) is 4. The number of phosphoric acid groups is 1. The molecule has 7 nitrogen and oxygen atoms in total. The SMILES string of the molecule is CCC[CH2][Sn]([CH2]CCC)([CH2]CCC)[c]1ccc2nc(-c3ccccc3OP(=O)(O)O)[nH]c(=O)c2c1. The van der Waals surface area contributed by atoms with Gasteiger partial charge in [-0.1, -0.05) is 0 Å². The van der Waals surface area contributed by atoms with E-state index in [0.29, 0.717) is 16.5 Å². The molecule has 0 fully saturated rings. The zero-order valence-corrected chi connectivity index (χ0v) is 24.7. The molecular weight excluding hydrogens is 570 g/mol. The van der Waals surface area contributed by atoms with E-state index in [0.717, 1.165) is 0 Å². The van der Waals surface area contributed by atoms with Gasteiger partial charge in [0.1, 0.15) is 0 Å². The molecule has 190 valence electrons. The van der Waals surface area contributed by atoms with Crippen LogP contribution in [0.2, 0.25) is 13.3 Å². The number of H-pyrrole nitrogens is 1. The van der Waals surface area contributed by atoms with Gasteiger partial charge in [0.05, 0.1) is 0 Å². The Bertz CT molecular complexity index is 1220. The van der Waals surface area contributed by atoms with E-state index < -0.39 is 26.2 Å². The molecule has 0 spiro atoms. The van der Waals surface area contributed by atoms with Crippen LogP contribution in [0.25, 0.3) is 22.3 Å². The van der Waals surface area contributed by atoms with Gasteiger partial charge in [-0.2, -0.15) is 0 Å². The van der Waals surface area contributed by atoms with Crippen LogP contribution in [0, 0.1) is 0 Å². The Kier molecular flexibility index (Phi) is 9.99. The number of unbranched alkanes of at least 4 members (excludes halogenated alkanes) is 3. The predicted octanol–water partition coefficient (Wildman–Crippen LogP) is 6.12. The fourth-order valence-electron chi connectivity index (χ4n) is 4.82. The molecule has 9 heteroatoms. The summed E-state index contributed by atoms with van der Waals surface area (Å²) in [7, 11) is -4.76. The van der Waals surface area contributed by atoms with Gasteiger partial charge >= 0.3 is 212 Å². The normalized spacial score (nSPS) is 12.3. The number of para-hydroxylation sites is 1. The van der Waals surface area contributed by atoms with Gasteiger partial charge in [0.25, 0.3) is 0 Å². The first-order valence-corrected chi connectivity index (χ1v) is 21.6. The van der Waals surface area contributed by atoms with E-state index in [-0.39, 0.29) is 17.1 Å². The Morgan fingerprint density at radius 2 is 1.54 bits per heavy atom. The van der Waals surface area contributed by atoms with Crippen molar-refractivity contribution < 1.29 is 18.9 Å². The summed E-state index contributed by atoms with van der Waals surface area (Å²) in [5.74, 6) is 0.186. The second-order valence-electron chi connectivity index (χ2n) is 9.32. The summed E-state index contributed by atoms with van der Waals surface area (Å²) < 4.78 is 21.6. The van der Waals surface area contributed by atoms with Crippen LogP contribution >= 0.6 is 7.82 Å². The van der Waals surface area contributed by atoms with Gasteiger partial charge in [-0.3, -0.25) is 0 Å². The molecule has 1 aromatic heterocycles. The van der Waals surface area contributed by atoms with Gasteiger partial charge in [0.2, 0.25) is 0 Å². The molecule has 0 unspecified atom stereocenters. The number of rotatable bonds is 13. The average Bonchev–Trinajstić information content (AvgIpc) is 2.83. The third-order valence-electron chi connectivity index (χ3n) is 6.70. The Morgan fingerprint density at radius 3 is 2.11 bits per heavy atom. The summed E-state index contributed by atoms with van der Waals surface area (Å²) in [6.45, 7) is 6.75. The minimum atomic E-state index is -4.76. The maximum absolute atomic E-state index is 13.2. The second kappa shape index (κ2) is 12.5. The van der Waals surface area contributed by atoms with Crippen molar-refractivity contribution >= 4 is 40.7 Å². The third-order valence-corrected chi connectivity index (χ3v) is 22.7. The predicted molar refractivity (Wildman–Crippen MR) is 145 cm³/mol. The standard InChI is InChI=1S/C14H10N2O5P.3C4H9.Sn/c17-14-9-5-1-3-7-11(9)15-13(16-14)10-6-2-4-8-12(10)21-22(18,19)20;3*1-3-4-2;/h2-8H,(H,15,16,17)(H2,18,19,20);3*1,3-4H2,2H3;. The molecule has 3 aromatic rings. The number of hydrogen-bond donors (Lipinski definition) is 3. The summed E-state index contributed by atoms with van der Waals surface area (Å²) >= 11 is -2.71. The topological polar surface area (TPSA) is 113 Å². The maximum atomic E-state index is 13.2. The molecule has 0 amide bonds. The molecule has 0 aliphatic carbocycles. The van der Waals surface area contributed by atoms with Crippen molar-refractivity contribution in [2.45, 2.75) is 72.6 Å². The monoisotopic (exact) mass is 608 g/mol. The third kappa shape index (κ3) is 7.19. The summed E-state index contributed by atoms with van der Waals surface area (Å²) in [5, 5.41) is 0.574. The van der Waals surface area contributed by atoms with Gasteiger partial charge in [-0.15, -0.1) is 0 Å². The fourth-order valence-corrected chi connectivity index (χ4v) is 21.2. The molecule has 1 heterocycles. The first-order valence-electron chi connectivity index (χ1n) is 12.6. The van der Waals surface area contributed by atoms with Crippen LogP contribution in [0.15, 0.2) is 47.3 Å². The van der Waals surface area contributed by atoms with Crippen LogP contribution in [0.5, 0.6) is 5.75 Å². The molecule has 0 bridgehead atoms. The van der Waals surface area contributed by atoms with Crippen LogP contribution in [0.3, 0.4) is 0 Å². The molecule has 3 N–H and O–H groups in total. The van der Waals surface area contributed by atoms with Crippen molar-refractivity contribution in [1.29, 1.82) is 0 Å². The Labute approximate surface area is 211 Å². The number of benzene rings is 2. The quantitative estimate of drug-likeness (QED) is 0.160. The second-order valence-corrected chi connectivity index (χ2v) is 23.7. The molecule has 0 radical (unpaired) electrons. The van der Waals surface area contributed by atoms with Crippen molar-refractivity contribution in [3.05, 3.63) is 52.8 Å². The molecule has 0 atom stereocenters. The number of aromatic nitrogens is 2. The van der Waals surface area contributed by atoms with Gasteiger partial charge in [-0.05, 0) is 0 Å². The van der Waals surface area contributed by atoms with Crippen LogP contribution in [-0.2, 0) is 4.57 Å². The number of nitrogens with one attached hydrogen (secondary N) is 1. The fraction of sp³-hybridized carbons (Fsp3) is 0.462. The number of phosphoric ester groups is 1. The number of aromatic amines is 1. The molecule has 35 heavy (non-hydrogen) atoms. The van der Waals surface area contributed by atoms with E-state index in [9.17, 15) is 19.1 Å². The van der Waals surface area contributed by atoms with E-state index in [1.54, 1.807) is 18.2 Å². The van der Waals surface area contributed by atoms with E-state index in [4.69, 9.17) is 4.52 Å². The molecule has 0 saturated heterocycles. The van der Waals surface area contributed by atoms with Crippen molar-refractivity contribution in [2.75, 3.05) is 0 Å². The van der Waals surface area contributed by atoms with Crippen molar-refractivity contribution in [3.63, 3.8) is 0 Å². The zero-order valence-electron chi connectivity index (χ0n) is 20.9. The van der Waals surface area contributed by atoms with Crippen molar-refractivity contribution in [3.8, 4) is 17.1 Å². The van der Waals surface area contributed by atoms with Crippen LogP contribution in [0.4, 0.5) is 0 Å². The minimum absolute atomic E-state index is 0.0335. The van der Waals surface area contributed by atoms with E-state index in [2.05, 4.69) is 42.9 Å². The molecule has 3 rings (SSSR count). The molecule has 0 aliphatic rings. The van der Waals surface area contributed by atoms with E-state index >= 15 is 0 Å². The zero-order chi connectivity index (χ0) is 25.5. The molecule has 0 aliphatic heterocycles. The summed E-state index contributed by atoms with van der Waals surface area (Å²) in [5.41, 5.74) is 0.640. The van der Waals surface area contributed by atoms with E-state index in [1.807, 2.05) is 6.07 Å².